The average molecular weight is 486 g/mol. The molecule has 12 heteroatoms. The first kappa shape index (κ1) is 21.8. The number of hydrogen-bond donors (Lipinski definition) is 1. The van der Waals surface area contributed by atoms with Crippen molar-refractivity contribution in [1.29, 1.82) is 0 Å². The van der Waals surface area contributed by atoms with Crippen molar-refractivity contribution in [3.8, 4) is 22.6 Å². The van der Waals surface area contributed by atoms with Crippen molar-refractivity contribution in [2.24, 2.45) is 7.05 Å². The molecular weight excluding hydrogens is 464 g/mol. The highest BCUT2D eigenvalue weighted by Crippen LogP contribution is 2.54. The van der Waals surface area contributed by atoms with E-state index in [1.165, 1.54) is 0 Å². The SMILES string of the molecule is Cn1nccc1Nc1cc(-c2cc3n(c2)CCCn2c-3nnc2C2(C(F)(F)F)CCC2)c(F)cn1. The Bertz CT molecular complexity index is 1410. The summed E-state index contributed by atoms with van der Waals surface area (Å²) in [5.41, 5.74) is -0.417. The van der Waals surface area contributed by atoms with Gasteiger partial charge in [0.1, 0.15) is 28.7 Å². The molecule has 0 atom stereocenters. The molecule has 0 bridgehead atoms. The van der Waals surface area contributed by atoms with Crippen molar-refractivity contribution in [3.63, 3.8) is 0 Å². The number of alkyl halides is 3. The number of nitrogens with zero attached hydrogens (tertiary/aromatic N) is 7. The zero-order valence-corrected chi connectivity index (χ0v) is 18.8. The molecule has 0 aromatic carbocycles. The molecule has 1 aliphatic heterocycles. The van der Waals surface area contributed by atoms with Gasteiger partial charge < -0.3 is 14.5 Å². The smallest absolute Gasteiger partial charge is 0.344 e. The second kappa shape index (κ2) is 7.65. The maximum atomic E-state index is 14.8. The Balaban J connectivity index is 1.40. The molecular formula is C23H22F4N8. The van der Waals surface area contributed by atoms with E-state index in [0.717, 1.165) is 6.20 Å². The number of rotatable bonds is 4. The van der Waals surface area contributed by atoms with Gasteiger partial charge in [-0.25, -0.2) is 9.37 Å². The molecule has 4 aromatic heterocycles. The van der Waals surface area contributed by atoms with E-state index in [4.69, 9.17) is 0 Å². The van der Waals surface area contributed by atoms with Crippen LogP contribution in [0.25, 0.3) is 22.6 Å². The fourth-order valence-electron chi connectivity index (χ4n) is 5.01. The van der Waals surface area contributed by atoms with Crippen molar-refractivity contribution in [2.45, 2.75) is 50.4 Å². The van der Waals surface area contributed by atoms with Crippen LogP contribution in [0.4, 0.5) is 29.2 Å². The first-order valence-corrected chi connectivity index (χ1v) is 11.4. The summed E-state index contributed by atoms with van der Waals surface area (Å²) >= 11 is 0. The highest BCUT2D eigenvalue weighted by molar-refractivity contribution is 5.73. The highest BCUT2D eigenvalue weighted by Gasteiger charge is 2.62. The van der Waals surface area contributed by atoms with Crippen LogP contribution in [0.3, 0.4) is 0 Å². The van der Waals surface area contributed by atoms with Gasteiger partial charge in [0, 0.05) is 43.5 Å². The van der Waals surface area contributed by atoms with E-state index in [-0.39, 0.29) is 18.7 Å². The van der Waals surface area contributed by atoms with Crippen LogP contribution in [0.5, 0.6) is 0 Å². The van der Waals surface area contributed by atoms with Crippen LogP contribution in [-0.4, -0.2) is 40.3 Å². The minimum absolute atomic E-state index is 0.0137. The minimum atomic E-state index is -4.38. The van der Waals surface area contributed by atoms with Gasteiger partial charge in [0.25, 0.3) is 0 Å². The fraction of sp³-hybridized carbons (Fsp3) is 0.391. The average Bonchev–Trinajstić information content (AvgIpc) is 3.45. The lowest BCUT2D eigenvalue weighted by molar-refractivity contribution is -0.216. The third-order valence-corrected chi connectivity index (χ3v) is 7.08. The standard InChI is InChI=1S/C23H22F4N8/c1-33-19(4-7-29-33)30-18-11-15(16(24)12-28-18)14-10-17-20-31-32-21(22(5-2-6-22)23(25,26)27)35(20)9-3-8-34(17)13-14/h4,7,10-13H,2-3,5-6,8-9H2,1H3,(H,28,30). The minimum Gasteiger partial charge on any atom is -0.344 e. The molecule has 0 saturated heterocycles. The molecule has 182 valence electrons. The van der Waals surface area contributed by atoms with Crippen LogP contribution in [0.15, 0.2) is 36.8 Å². The summed E-state index contributed by atoms with van der Waals surface area (Å²) in [5, 5.41) is 15.4. The van der Waals surface area contributed by atoms with E-state index in [9.17, 15) is 17.6 Å². The molecule has 1 N–H and O–H groups in total. The van der Waals surface area contributed by atoms with E-state index in [1.54, 1.807) is 46.9 Å². The summed E-state index contributed by atoms with van der Waals surface area (Å²) in [6.07, 6.45) is 1.36. The predicted molar refractivity (Wildman–Crippen MR) is 119 cm³/mol. The lowest BCUT2D eigenvalue weighted by Gasteiger charge is -2.42. The summed E-state index contributed by atoms with van der Waals surface area (Å²) in [6.45, 7) is 0.971. The molecule has 5 heterocycles. The topological polar surface area (TPSA) is 78.4 Å². The van der Waals surface area contributed by atoms with E-state index in [1.807, 2.05) is 4.57 Å². The number of fused-ring (bicyclic) bond motifs is 3. The van der Waals surface area contributed by atoms with Crippen LogP contribution in [0, 0.1) is 5.82 Å². The van der Waals surface area contributed by atoms with Gasteiger partial charge in [0.05, 0.1) is 18.1 Å². The second-order valence-corrected chi connectivity index (χ2v) is 9.11. The predicted octanol–water partition coefficient (Wildman–Crippen LogP) is 4.81. The summed E-state index contributed by atoms with van der Waals surface area (Å²) in [6, 6.07) is 5.12. The van der Waals surface area contributed by atoms with Crippen LogP contribution >= 0.6 is 0 Å². The van der Waals surface area contributed by atoms with Crippen molar-refractivity contribution < 1.29 is 17.6 Å². The molecule has 35 heavy (non-hydrogen) atoms. The van der Waals surface area contributed by atoms with E-state index in [0.29, 0.717) is 60.2 Å². The van der Waals surface area contributed by atoms with Gasteiger partial charge in [0.15, 0.2) is 5.82 Å². The van der Waals surface area contributed by atoms with Crippen LogP contribution < -0.4 is 5.32 Å². The summed E-state index contributed by atoms with van der Waals surface area (Å²) in [7, 11) is 1.77. The van der Waals surface area contributed by atoms with E-state index in [2.05, 4.69) is 25.6 Å². The molecule has 0 radical (unpaired) electrons. The summed E-state index contributed by atoms with van der Waals surface area (Å²) < 4.78 is 62.0. The van der Waals surface area contributed by atoms with Crippen LogP contribution in [0.2, 0.25) is 0 Å². The second-order valence-electron chi connectivity index (χ2n) is 9.11. The van der Waals surface area contributed by atoms with Gasteiger partial charge in [0.2, 0.25) is 0 Å². The summed E-state index contributed by atoms with van der Waals surface area (Å²) in [4.78, 5) is 4.12. The van der Waals surface area contributed by atoms with Crippen LogP contribution in [-0.2, 0) is 25.6 Å². The third kappa shape index (κ3) is 3.34. The Morgan fingerprint density at radius 2 is 1.91 bits per heavy atom. The quantitative estimate of drug-likeness (QED) is 0.419. The van der Waals surface area contributed by atoms with Gasteiger partial charge in [-0.1, -0.05) is 6.42 Å². The van der Waals surface area contributed by atoms with Crippen molar-refractivity contribution >= 4 is 11.6 Å². The van der Waals surface area contributed by atoms with Crippen LogP contribution in [0.1, 0.15) is 31.5 Å². The Kier molecular flexibility index (Phi) is 4.77. The molecule has 1 fully saturated rings. The highest BCUT2D eigenvalue weighted by atomic mass is 19.4. The molecule has 0 spiro atoms. The lowest BCUT2D eigenvalue weighted by atomic mass is 9.67. The maximum absolute atomic E-state index is 14.8. The molecule has 1 saturated carbocycles. The number of pyridine rings is 1. The Labute approximate surface area is 197 Å². The molecule has 4 aromatic rings. The van der Waals surface area contributed by atoms with Gasteiger partial charge in [-0.05, 0) is 31.4 Å². The molecule has 6 rings (SSSR count). The maximum Gasteiger partial charge on any atom is 0.401 e. The Hall–Kier alpha value is -3.70. The van der Waals surface area contributed by atoms with Gasteiger partial charge in [-0.15, -0.1) is 10.2 Å². The number of hydrogen-bond acceptors (Lipinski definition) is 5. The summed E-state index contributed by atoms with van der Waals surface area (Å²) in [5.74, 6) is 0.989. The third-order valence-electron chi connectivity index (χ3n) is 7.08. The normalized spacial score (nSPS) is 16.8. The number of anilines is 2. The molecule has 0 unspecified atom stereocenters. The monoisotopic (exact) mass is 486 g/mol. The van der Waals surface area contributed by atoms with E-state index < -0.39 is 17.4 Å². The molecule has 0 amide bonds. The largest absolute Gasteiger partial charge is 0.401 e. The van der Waals surface area contributed by atoms with E-state index >= 15 is 0 Å². The lowest BCUT2D eigenvalue weighted by Crippen LogP contribution is -2.49. The Morgan fingerprint density at radius 3 is 2.60 bits per heavy atom. The zero-order valence-electron chi connectivity index (χ0n) is 18.8. The van der Waals surface area contributed by atoms with Gasteiger partial charge in [-0.2, -0.15) is 18.3 Å². The van der Waals surface area contributed by atoms with Crippen molar-refractivity contribution in [1.82, 2.24) is 34.1 Å². The Morgan fingerprint density at radius 1 is 1.09 bits per heavy atom. The zero-order chi connectivity index (χ0) is 24.4. The number of aryl methyl sites for hydroxylation is 2. The first-order chi connectivity index (χ1) is 16.8. The molecule has 8 nitrogen and oxygen atoms in total. The van der Waals surface area contributed by atoms with Crippen molar-refractivity contribution in [3.05, 3.63) is 48.4 Å². The number of nitrogens with one attached hydrogen (secondary N) is 1. The molecule has 1 aliphatic carbocycles. The number of halogens is 4. The van der Waals surface area contributed by atoms with Crippen molar-refractivity contribution in [2.75, 3.05) is 5.32 Å². The van der Waals surface area contributed by atoms with Gasteiger partial charge in [-0.3, -0.25) is 4.68 Å². The molecule has 2 aliphatic rings. The van der Waals surface area contributed by atoms with Gasteiger partial charge >= 0.3 is 6.18 Å². The number of aromatic nitrogens is 7. The fourth-order valence-corrected chi connectivity index (χ4v) is 5.01. The first-order valence-electron chi connectivity index (χ1n) is 11.4.